The summed E-state index contributed by atoms with van der Waals surface area (Å²) in [5.41, 5.74) is 1.33. The molecule has 1 aromatic carbocycles. The first kappa shape index (κ1) is 14.5. The lowest BCUT2D eigenvalue weighted by molar-refractivity contribution is -0.384. The molecule has 0 spiro atoms. The summed E-state index contributed by atoms with van der Waals surface area (Å²) >= 11 is 0. The third kappa shape index (κ3) is 4.25. The number of nitro benzene ring substituents is 1. The second-order valence-corrected chi connectivity index (χ2v) is 6.35. The van der Waals surface area contributed by atoms with Crippen molar-refractivity contribution in [1.82, 2.24) is 10.2 Å². The van der Waals surface area contributed by atoms with Gasteiger partial charge in [-0.3, -0.25) is 15.0 Å². The maximum absolute atomic E-state index is 10.7. The van der Waals surface area contributed by atoms with Crippen LogP contribution in [0, 0.1) is 16.0 Å². The molecule has 0 radical (unpaired) electrons. The third-order valence-corrected chi connectivity index (χ3v) is 4.43. The molecule has 5 nitrogen and oxygen atoms in total. The van der Waals surface area contributed by atoms with E-state index in [9.17, 15) is 10.1 Å². The average molecular weight is 289 g/mol. The summed E-state index contributed by atoms with van der Waals surface area (Å²) < 4.78 is 0. The fraction of sp³-hybridized carbons (Fsp3) is 0.625. The summed E-state index contributed by atoms with van der Waals surface area (Å²) in [5, 5.41) is 14.3. The van der Waals surface area contributed by atoms with Crippen molar-refractivity contribution < 1.29 is 4.92 Å². The fourth-order valence-electron chi connectivity index (χ4n) is 3.06. The summed E-state index contributed by atoms with van der Waals surface area (Å²) in [6.45, 7) is 4.31. The molecule has 1 heterocycles. The molecule has 0 amide bonds. The number of piperidine rings is 1. The average Bonchev–Trinajstić information content (AvgIpc) is 3.30. The van der Waals surface area contributed by atoms with E-state index in [0.717, 1.165) is 43.7 Å². The Morgan fingerprint density at radius 3 is 2.67 bits per heavy atom. The highest BCUT2D eigenvalue weighted by molar-refractivity contribution is 5.32. The van der Waals surface area contributed by atoms with E-state index in [1.165, 1.54) is 25.7 Å². The van der Waals surface area contributed by atoms with Crippen molar-refractivity contribution in [2.45, 2.75) is 38.3 Å². The van der Waals surface area contributed by atoms with Crippen molar-refractivity contribution in [2.75, 3.05) is 19.6 Å². The third-order valence-electron chi connectivity index (χ3n) is 4.43. The lowest BCUT2D eigenvalue weighted by atomic mass is 9.97. The smallest absolute Gasteiger partial charge is 0.269 e. The van der Waals surface area contributed by atoms with Crippen molar-refractivity contribution in [1.29, 1.82) is 0 Å². The Morgan fingerprint density at radius 1 is 1.24 bits per heavy atom. The van der Waals surface area contributed by atoms with Crippen molar-refractivity contribution >= 4 is 5.69 Å². The zero-order valence-electron chi connectivity index (χ0n) is 12.3. The maximum atomic E-state index is 10.7. The highest BCUT2D eigenvalue weighted by Gasteiger charge is 2.24. The van der Waals surface area contributed by atoms with E-state index in [-0.39, 0.29) is 10.6 Å². The lowest BCUT2D eigenvalue weighted by Crippen LogP contribution is -2.39. The van der Waals surface area contributed by atoms with Crippen LogP contribution in [0.5, 0.6) is 0 Å². The van der Waals surface area contributed by atoms with E-state index in [1.54, 1.807) is 12.1 Å². The molecular weight excluding hydrogens is 266 g/mol. The molecule has 3 rings (SSSR count). The van der Waals surface area contributed by atoms with Crippen LogP contribution in [0.25, 0.3) is 0 Å². The molecule has 2 aliphatic rings. The van der Waals surface area contributed by atoms with Gasteiger partial charge in [0.05, 0.1) is 4.92 Å². The van der Waals surface area contributed by atoms with E-state index in [1.807, 2.05) is 12.1 Å². The van der Waals surface area contributed by atoms with Gasteiger partial charge in [-0.15, -0.1) is 0 Å². The number of nitrogens with one attached hydrogen (secondary N) is 1. The first-order chi connectivity index (χ1) is 10.2. The number of rotatable bonds is 6. The van der Waals surface area contributed by atoms with Gasteiger partial charge in [-0.05, 0) is 50.3 Å². The van der Waals surface area contributed by atoms with Crippen molar-refractivity contribution in [3.63, 3.8) is 0 Å². The van der Waals surface area contributed by atoms with E-state index < -0.39 is 0 Å². The molecule has 5 heteroatoms. The molecule has 21 heavy (non-hydrogen) atoms. The Morgan fingerprint density at radius 2 is 2.00 bits per heavy atom. The Hall–Kier alpha value is -1.46. The molecule has 2 fully saturated rings. The summed E-state index contributed by atoms with van der Waals surface area (Å²) in [6, 6.07) is 7.75. The number of nitro groups is 1. The van der Waals surface area contributed by atoms with Gasteiger partial charge in [-0.2, -0.15) is 0 Å². The monoisotopic (exact) mass is 289 g/mol. The van der Waals surface area contributed by atoms with Crippen molar-refractivity contribution in [3.05, 3.63) is 39.9 Å². The van der Waals surface area contributed by atoms with Gasteiger partial charge in [0.15, 0.2) is 0 Å². The minimum Gasteiger partial charge on any atom is -0.314 e. The van der Waals surface area contributed by atoms with E-state index in [0.29, 0.717) is 0 Å². The van der Waals surface area contributed by atoms with Crippen LogP contribution in [0.15, 0.2) is 24.3 Å². The van der Waals surface area contributed by atoms with Crippen molar-refractivity contribution in [2.24, 2.45) is 5.92 Å². The quantitative estimate of drug-likeness (QED) is 0.646. The van der Waals surface area contributed by atoms with Crippen molar-refractivity contribution in [3.8, 4) is 0 Å². The van der Waals surface area contributed by atoms with Gasteiger partial charge in [0.1, 0.15) is 0 Å². The Balaban J connectivity index is 1.50. The number of hydrogen-bond acceptors (Lipinski definition) is 4. The number of likely N-dealkylation sites (tertiary alicyclic amines) is 1. The van der Waals surface area contributed by atoms with Crippen LogP contribution in [0.4, 0.5) is 5.69 Å². The van der Waals surface area contributed by atoms with Gasteiger partial charge in [-0.1, -0.05) is 12.1 Å². The van der Waals surface area contributed by atoms with E-state index >= 15 is 0 Å². The van der Waals surface area contributed by atoms with Crippen LogP contribution in [-0.4, -0.2) is 35.5 Å². The molecule has 1 aliphatic heterocycles. The highest BCUT2D eigenvalue weighted by atomic mass is 16.6. The van der Waals surface area contributed by atoms with Crippen LogP contribution in [0.2, 0.25) is 0 Å². The molecule has 0 bridgehead atoms. The number of benzene rings is 1. The molecule has 1 aliphatic carbocycles. The second-order valence-electron chi connectivity index (χ2n) is 6.35. The minimum absolute atomic E-state index is 0.170. The number of non-ortho nitro benzene ring substituents is 1. The predicted octanol–water partition coefficient (Wildman–Crippen LogP) is 2.56. The number of nitrogens with zero attached hydrogens (tertiary/aromatic N) is 2. The minimum atomic E-state index is -0.343. The Bertz CT molecular complexity index is 485. The second kappa shape index (κ2) is 6.54. The van der Waals surface area contributed by atoms with Gasteiger partial charge < -0.3 is 5.32 Å². The first-order valence-corrected chi connectivity index (χ1v) is 7.90. The molecule has 1 aromatic rings. The predicted molar refractivity (Wildman–Crippen MR) is 82.1 cm³/mol. The van der Waals surface area contributed by atoms with Crippen LogP contribution >= 0.6 is 0 Å². The van der Waals surface area contributed by atoms with Crippen LogP contribution in [0.3, 0.4) is 0 Å². The fourth-order valence-corrected chi connectivity index (χ4v) is 3.06. The highest BCUT2D eigenvalue weighted by Crippen LogP contribution is 2.22. The van der Waals surface area contributed by atoms with Gasteiger partial charge in [-0.25, -0.2) is 0 Å². The Labute approximate surface area is 125 Å². The molecule has 1 unspecified atom stereocenters. The summed E-state index contributed by atoms with van der Waals surface area (Å²) in [7, 11) is 0. The largest absolute Gasteiger partial charge is 0.314 e. The molecule has 1 saturated heterocycles. The standard InChI is InChI=1S/C16H23N3O2/c20-19(21)16-7-3-13(4-8-16)11-18-9-1-2-14(12-18)10-17-15-5-6-15/h3-4,7-8,14-15,17H,1-2,5-6,9-12H2. The zero-order valence-corrected chi connectivity index (χ0v) is 12.3. The summed E-state index contributed by atoms with van der Waals surface area (Å²) in [4.78, 5) is 12.8. The van der Waals surface area contributed by atoms with Gasteiger partial charge in [0.2, 0.25) is 0 Å². The van der Waals surface area contributed by atoms with Crippen LogP contribution < -0.4 is 5.32 Å². The topological polar surface area (TPSA) is 58.4 Å². The molecule has 1 N–H and O–H groups in total. The van der Waals surface area contributed by atoms with Crippen LogP contribution in [-0.2, 0) is 6.54 Å². The summed E-state index contributed by atoms with van der Waals surface area (Å²) in [5.74, 6) is 0.748. The van der Waals surface area contributed by atoms with Gasteiger partial charge in [0.25, 0.3) is 5.69 Å². The number of hydrogen-bond donors (Lipinski definition) is 1. The zero-order chi connectivity index (χ0) is 14.7. The Kier molecular flexibility index (Phi) is 4.51. The summed E-state index contributed by atoms with van der Waals surface area (Å²) in [6.07, 6.45) is 5.26. The van der Waals surface area contributed by atoms with Crippen LogP contribution in [0.1, 0.15) is 31.2 Å². The molecule has 1 saturated carbocycles. The van der Waals surface area contributed by atoms with E-state index in [2.05, 4.69) is 10.2 Å². The molecular formula is C16H23N3O2. The maximum Gasteiger partial charge on any atom is 0.269 e. The van der Waals surface area contributed by atoms with E-state index in [4.69, 9.17) is 0 Å². The normalized spacial score (nSPS) is 23.1. The molecule has 1 atom stereocenters. The van der Waals surface area contributed by atoms with Gasteiger partial charge >= 0.3 is 0 Å². The first-order valence-electron chi connectivity index (χ1n) is 7.90. The molecule has 0 aromatic heterocycles. The molecule has 114 valence electrons. The lowest BCUT2D eigenvalue weighted by Gasteiger charge is -2.33. The van der Waals surface area contributed by atoms with Gasteiger partial charge in [0, 0.05) is 31.3 Å². The SMILES string of the molecule is O=[N+]([O-])c1ccc(CN2CCCC(CNC3CC3)C2)cc1.